The van der Waals surface area contributed by atoms with E-state index in [9.17, 15) is 9.90 Å². The molecule has 0 aromatic carbocycles. The van der Waals surface area contributed by atoms with Gasteiger partial charge in [0.15, 0.2) is 5.96 Å². The fourth-order valence-electron chi connectivity index (χ4n) is 2.42. The van der Waals surface area contributed by atoms with Gasteiger partial charge in [-0.25, -0.2) is 4.79 Å². The molecule has 0 saturated heterocycles. The van der Waals surface area contributed by atoms with Crippen LogP contribution in [0.3, 0.4) is 0 Å². The molecule has 26 heavy (non-hydrogen) atoms. The fourth-order valence-corrected chi connectivity index (χ4v) is 2.42. The molecule has 154 valence electrons. The summed E-state index contributed by atoms with van der Waals surface area (Å²) in [6.45, 7) is 15.6. The Kier molecular flexibility index (Phi) is 11.3. The van der Waals surface area contributed by atoms with E-state index < -0.39 is 17.2 Å². The number of aliphatic hydroxyl groups is 1. The summed E-state index contributed by atoms with van der Waals surface area (Å²) in [5, 5.41) is 18.6. The van der Waals surface area contributed by atoms with Gasteiger partial charge in [-0.2, -0.15) is 0 Å². The highest BCUT2D eigenvalue weighted by Gasteiger charge is 2.24. The van der Waals surface area contributed by atoms with E-state index in [4.69, 9.17) is 4.74 Å². The van der Waals surface area contributed by atoms with Crippen LogP contribution in [0.25, 0.3) is 0 Å². The first-order valence-electron chi connectivity index (χ1n) is 9.67. The lowest BCUT2D eigenvalue weighted by Crippen LogP contribution is -2.49. The summed E-state index contributed by atoms with van der Waals surface area (Å²) in [5.41, 5.74) is -1.06. The Morgan fingerprint density at radius 3 is 2.27 bits per heavy atom. The summed E-state index contributed by atoms with van der Waals surface area (Å²) in [6.07, 6.45) is 2.50. The molecule has 0 radical (unpaired) electrons. The van der Waals surface area contributed by atoms with Crippen molar-refractivity contribution < 1.29 is 14.6 Å². The Labute approximate surface area is 159 Å². The van der Waals surface area contributed by atoms with Crippen molar-refractivity contribution in [2.45, 2.75) is 78.9 Å². The van der Waals surface area contributed by atoms with Crippen LogP contribution in [0.5, 0.6) is 0 Å². The number of guanidine groups is 1. The number of amides is 1. The van der Waals surface area contributed by atoms with Gasteiger partial charge in [-0.3, -0.25) is 4.99 Å². The molecular weight excluding hydrogens is 332 g/mol. The molecule has 0 bridgehead atoms. The van der Waals surface area contributed by atoms with Gasteiger partial charge in [-0.1, -0.05) is 13.3 Å². The second kappa shape index (κ2) is 12.0. The van der Waals surface area contributed by atoms with E-state index >= 15 is 0 Å². The highest BCUT2D eigenvalue weighted by Crippen LogP contribution is 2.11. The van der Waals surface area contributed by atoms with Crippen molar-refractivity contribution in [1.29, 1.82) is 0 Å². The second-order valence-electron chi connectivity index (χ2n) is 8.25. The molecular formula is C19H40N4O3. The Morgan fingerprint density at radius 2 is 1.77 bits per heavy atom. The Hall–Kier alpha value is -1.50. The van der Waals surface area contributed by atoms with Gasteiger partial charge in [-0.15, -0.1) is 0 Å². The summed E-state index contributed by atoms with van der Waals surface area (Å²) in [6, 6.07) is 0. The van der Waals surface area contributed by atoms with Gasteiger partial charge in [0.2, 0.25) is 0 Å². The fraction of sp³-hybridized carbons (Fsp3) is 0.895. The van der Waals surface area contributed by atoms with Crippen molar-refractivity contribution in [3.63, 3.8) is 0 Å². The van der Waals surface area contributed by atoms with Crippen LogP contribution < -0.4 is 16.0 Å². The first-order chi connectivity index (χ1) is 12.0. The molecule has 0 fully saturated rings. The second-order valence-corrected chi connectivity index (χ2v) is 8.25. The normalized spacial score (nSPS) is 13.9. The van der Waals surface area contributed by atoms with E-state index in [1.807, 2.05) is 41.5 Å². The molecule has 0 saturated carbocycles. The Bertz CT molecular complexity index is 425. The van der Waals surface area contributed by atoms with E-state index in [0.717, 1.165) is 32.4 Å². The number of nitrogens with zero attached hydrogens (tertiary/aromatic N) is 1. The van der Waals surface area contributed by atoms with Crippen molar-refractivity contribution in [2.75, 3.05) is 26.2 Å². The number of aliphatic hydroxyl groups excluding tert-OH is 1. The number of carbonyl (C=O) groups excluding carboxylic acids is 1. The van der Waals surface area contributed by atoms with Crippen molar-refractivity contribution >= 4 is 12.1 Å². The van der Waals surface area contributed by atoms with Crippen LogP contribution in [-0.4, -0.2) is 54.5 Å². The van der Waals surface area contributed by atoms with Gasteiger partial charge in [0.05, 0.1) is 12.1 Å². The number of hydrogen-bond acceptors (Lipinski definition) is 4. The summed E-state index contributed by atoms with van der Waals surface area (Å²) in [4.78, 5) is 16.6. The number of ether oxygens (including phenoxy) is 1. The topological polar surface area (TPSA) is 95.0 Å². The molecule has 7 heteroatoms. The Balaban J connectivity index is 4.71. The third-order valence-corrected chi connectivity index (χ3v) is 3.61. The highest BCUT2D eigenvalue weighted by molar-refractivity contribution is 5.79. The van der Waals surface area contributed by atoms with Crippen molar-refractivity contribution in [2.24, 2.45) is 10.9 Å². The number of carbonyl (C=O) groups is 1. The largest absolute Gasteiger partial charge is 0.444 e. The molecule has 1 atom stereocenters. The maximum Gasteiger partial charge on any atom is 0.408 e. The van der Waals surface area contributed by atoms with Gasteiger partial charge in [0.25, 0.3) is 0 Å². The summed E-state index contributed by atoms with van der Waals surface area (Å²) < 4.78 is 5.31. The standard InChI is InChI=1S/C19H40N4O3/c1-8-10-15(11-12-24)13-21-16(20-9-2)22-14-19(6,7)23-17(25)26-18(3,4)5/h15,24H,8-14H2,1-7H3,(H,23,25)(H2,20,21,22). The third kappa shape index (κ3) is 12.8. The number of aliphatic imine (C=N–C) groups is 1. The lowest BCUT2D eigenvalue weighted by Gasteiger charge is -2.27. The number of nitrogens with one attached hydrogen (secondary N) is 3. The first kappa shape index (κ1) is 24.5. The van der Waals surface area contributed by atoms with Crippen LogP contribution in [0, 0.1) is 5.92 Å². The molecule has 0 heterocycles. The van der Waals surface area contributed by atoms with E-state index in [1.54, 1.807) is 0 Å². The lowest BCUT2D eigenvalue weighted by molar-refractivity contribution is 0.0476. The highest BCUT2D eigenvalue weighted by atomic mass is 16.6. The molecule has 0 aliphatic carbocycles. The van der Waals surface area contributed by atoms with Gasteiger partial charge in [0, 0.05) is 19.7 Å². The van der Waals surface area contributed by atoms with E-state index in [-0.39, 0.29) is 6.61 Å². The monoisotopic (exact) mass is 372 g/mol. The van der Waals surface area contributed by atoms with E-state index in [0.29, 0.717) is 18.4 Å². The molecule has 0 aromatic heterocycles. The molecule has 1 unspecified atom stereocenters. The minimum atomic E-state index is -0.529. The van der Waals surface area contributed by atoms with Crippen LogP contribution in [-0.2, 0) is 4.74 Å². The molecule has 4 N–H and O–H groups in total. The zero-order valence-electron chi connectivity index (χ0n) is 17.7. The van der Waals surface area contributed by atoms with E-state index in [1.165, 1.54) is 0 Å². The molecule has 0 rings (SSSR count). The minimum absolute atomic E-state index is 0.201. The molecule has 0 spiro atoms. The molecule has 0 aliphatic heterocycles. The molecule has 0 aromatic rings. The zero-order valence-corrected chi connectivity index (χ0v) is 17.7. The van der Waals surface area contributed by atoms with Crippen LogP contribution in [0.4, 0.5) is 4.79 Å². The van der Waals surface area contributed by atoms with Gasteiger partial charge in [0.1, 0.15) is 5.60 Å². The molecule has 7 nitrogen and oxygen atoms in total. The lowest BCUT2D eigenvalue weighted by atomic mass is 10.0. The Morgan fingerprint density at radius 1 is 1.12 bits per heavy atom. The third-order valence-electron chi connectivity index (χ3n) is 3.61. The van der Waals surface area contributed by atoms with Gasteiger partial charge < -0.3 is 25.8 Å². The predicted molar refractivity (Wildman–Crippen MR) is 108 cm³/mol. The average molecular weight is 373 g/mol. The van der Waals surface area contributed by atoms with Crippen LogP contribution in [0.2, 0.25) is 0 Å². The minimum Gasteiger partial charge on any atom is -0.444 e. The summed E-state index contributed by atoms with van der Waals surface area (Å²) in [5.74, 6) is 1.13. The number of rotatable bonds is 10. The van der Waals surface area contributed by atoms with Crippen molar-refractivity contribution in [3.8, 4) is 0 Å². The van der Waals surface area contributed by atoms with Gasteiger partial charge in [-0.05, 0) is 60.3 Å². The smallest absolute Gasteiger partial charge is 0.408 e. The molecule has 1 amide bonds. The maximum absolute atomic E-state index is 12.0. The summed E-state index contributed by atoms with van der Waals surface area (Å²) >= 11 is 0. The quantitative estimate of drug-likeness (QED) is 0.349. The SMILES string of the molecule is CCCC(CCO)CNC(=NCC(C)(C)NC(=O)OC(C)(C)C)NCC. The molecule has 0 aliphatic rings. The number of hydrogen-bond donors (Lipinski definition) is 4. The van der Waals surface area contributed by atoms with Crippen LogP contribution >= 0.6 is 0 Å². The summed E-state index contributed by atoms with van der Waals surface area (Å²) in [7, 11) is 0. The number of alkyl carbamates (subject to hydrolysis) is 1. The van der Waals surface area contributed by atoms with E-state index in [2.05, 4.69) is 27.9 Å². The van der Waals surface area contributed by atoms with Crippen LogP contribution in [0.15, 0.2) is 4.99 Å². The predicted octanol–water partition coefficient (Wildman–Crippen LogP) is 2.64. The van der Waals surface area contributed by atoms with Crippen LogP contribution in [0.1, 0.15) is 67.7 Å². The van der Waals surface area contributed by atoms with Crippen molar-refractivity contribution in [1.82, 2.24) is 16.0 Å². The first-order valence-corrected chi connectivity index (χ1v) is 9.67. The zero-order chi connectivity index (χ0) is 20.2. The van der Waals surface area contributed by atoms with Gasteiger partial charge >= 0.3 is 6.09 Å². The maximum atomic E-state index is 12.0. The van der Waals surface area contributed by atoms with Crippen molar-refractivity contribution in [3.05, 3.63) is 0 Å². The average Bonchev–Trinajstić information content (AvgIpc) is 2.47.